The fraction of sp³-hybridized carbons (Fsp3) is 0.353. The van der Waals surface area contributed by atoms with Gasteiger partial charge in [-0.25, -0.2) is 0 Å². The van der Waals surface area contributed by atoms with Crippen LogP contribution in [0.15, 0.2) is 24.5 Å². The number of morpholine rings is 1. The second-order valence-corrected chi connectivity index (χ2v) is 6.98. The molecule has 3 aromatic rings. The van der Waals surface area contributed by atoms with Crippen LogP contribution in [0.5, 0.6) is 5.88 Å². The van der Waals surface area contributed by atoms with E-state index in [9.17, 15) is 5.11 Å². The molecule has 5 rings (SSSR count). The maximum atomic E-state index is 10.3. The number of ether oxygens (including phenoxy) is 1. The van der Waals surface area contributed by atoms with Gasteiger partial charge in [0.1, 0.15) is 0 Å². The zero-order valence-corrected chi connectivity index (χ0v) is 14.1. The van der Waals surface area contributed by atoms with Crippen LogP contribution in [0.4, 0.5) is 0 Å². The molecule has 3 aromatic heterocycles. The number of halogens is 1. The van der Waals surface area contributed by atoms with Crippen molar-refractivity contribution in [1.29, 1.82) is 0 Å². The van der Waals surface area contributed by atoms with Gasteiger partial charge >= 0.3 is 0 Å². The molecule has 5 heterocycles. The summed E-state index contributed by atoms with van der Waals surface area (Å²) in [4.78, 5) is 9.29. The lowest BCUT2D eigenvalue weighted by atomic mass is 10.1. The highest BCUT2D eigenvalue weighted by Crippen LogP contribution is 2.38. The van der Waals surface area contributed by atoms with Gasteiger partial charge in [0.15, 0.2) is 5.88 Å². The highest BCUT2D eigenvalue weighted by Gasteiger charge is 2.38. The molecule has 128 valence electrons. The Kier molecular flexibility index (Phi) is 3.41. The van der Waals surface area contributed by atoms with E-state index in [1.54, 1.807) is 12.4 Å². The first-order chi connectivity index (χ1) is 12.2. The zero-order chi connectivity index (χ0) is 17.0. The first-order valence-corrected chi connectivity index (χ1v) is 8.59. The van der Waals surface area contributed by atoms with Gasteiger partial charge < -0.3 is 14.8 Å². The van der Waals surface area contributed by atoms with Gasteiger partial charge in [0.25, 0.3) is 0 Å². The lowest BCUT2D eigenvalue weighted by molar-refractivity contribution is 0.0267. The predicted octanol–water partition coefficient (Wildman–Crippen LogP) is 2.35. The van der Waals surface area contributed by atoms with Gasteiger partial charge in [-0.15, -0.1) is 5.10 Å². The molecule has 2 fully saturated rings. The third-order valence-corrected chi connectivity index (χ3v) is 5.28. The fourth-order valence-corrected chi connectivity index (χ4v) is 4.05. The van der Waals surface area contributed by atoms with E-state index in [0.717, 1.165) is 31.8 Å². The number of hydrogen-bond donors (Lipinski definition) is 2. The first-order valence-electron chi connectivity index (χ1n) is 8.22. The van der Waals surface area contributed by atoms with Crippen molar-refractivity contribution in [2.45, 2.75) is 25.1 Å². The number of aromatic amines is 1. The number of H-pyrrole nitrogens is 1. The summed E-state index contributed by atoms with van der Waals surface area (Å²) in [5.41, 5.74) is 2.70. The maximum Gasteiger partial charge on any atom is 0.199 e. The number of fused-ring (bicyclic) bond motifs is 3. The minimum atomic E-state index is 0.0148. The number of aromatic hydroxyl groups is 1. The number of hydrogen-bond acceptors (Lipinski definition) is 6. The van der Waals surface area contributed by atoms with Crippen LogP contribution in [0.3, 0.4) is 0 Å². The van der Waals surface area contributed by atoms with Gasteiger partial charge in [0.05, 0.1) is 46.4 Å². The van der Waals surface area contributed by atoms with Gasteiger partial charge in [-0.05, 0) is 18.6 Å². The Labute approximate surface area is 148 Å². The van der Waals surface area contributed by atoms with Crippen molar-refractivity contribution in [2.75, 3.05) is 13.2 Å². The summed E-state index contributed by atoms with van der Waals surface area (Å²) < 4.78 is 5.63. The number of likely N-dealkylation sites (tertiary alicyclic amines) is 1. The third-order valence-electron chi connectivity index (χ3n) is 4.99. The van der Waals surface area contributed by atoms with Crippen molar-refractivity contribution in [3.63, 3.8) is 0 Å². The molecule has 2 bridgehead atoms. The van der Waals surface area contributed by atoms with E-state index in [-0.39, 0.29) is 5.88 Å². The molecule has 2 saturated heterocycles. The first kappa shape index (κ1) is 15.1. The zero-order valence-electron chi connectivity index (χ0n) is 13.3. The number of rotatable bonds is 3. The summed E-state index contributed by atoms with van der Waals surface area (Å²) in [5.74, 6) is 0.0148. The Bertz CT molecular complexity index is 942. The molecule has 0 saturated carbocycles. The smallest absolute Gasteiger partial charge is 0.199 e. The summed E-state index contributed by atoms with van der Waals surface area (Å²) in [6, 6.07) is 4.31. The molecule has 2 unspecified atom stereocenters. The second kappa shape index (κ2) is 5.66. The Balaban J connectivity index is 1.45. The van der Waals surface area contributed by atoms with Gasteiger partial charge in [-0.2, -0.15) is 5.10 Å². The van der Waals surface area contributed by atoms with Crippen LogP contribution in [0.25, 0.3) is 22.2 Å². The summed E-state index contributed by atoms with van der Waals surface area (Å²) in [6.07, 6.45) is 4.65. The van der Waals surface area contributed by atoms with E-state index in [0.29, 0.717) is 39.3 Å². The molecule has 0 aromatic carbocycles. The summed E-state index contributed by atoms with van der Waals surface area (Å²) in [5, 5.41) is 20.1. The van der Waals surface area contributed by atoms with Gasteiger partial charge in [-0.1, -0.05) is 11.6 Å². The molecule has 25 heavy (non-hydrogen) atoms. The van der Waals surface area contributed by atoms with Crippen molar-refractivity contribution in [3.05, 3.63) is 35.2 Å². The van der Waals surface area contributed by atoms with E-state index in [1.807, 2.05) is 12.1 Å². The second-order valence-electron chi connectivity index (χ2n) is 6.58. The molecular weight excluding hydrogens is 342 g/mol. The number of nitrogens with zero attached hydrogens (tertiary/aromatic N) is 4. The minimum absolute atomic E-state index is 0.0148. The molecule has 0 radical (unpaired) electrons. The average molecular weight is 358 g/mol. The summed E-state index contributed by atoms with van der Waals surface area (Å²) >= 11 is 6.25. The third kappa shape index (κ3) is 2.47. The Morgan fingerprint density at radius 1 is 1.32 bits per heavy atom. The monoisotopic (exact) mass is 357 g/mol. The van der Waals surface area contributed by atoms with E-state index in [1.165, 1.54) is 0 Å². The van der Waals surface area contributed by atoms with Crippen molar-refractivity contribution >= 4 is 22.5 Å². The highest BCUT2D eigenvalue weighted by molar-refractivity contribution is 6.36. The lowest BCUT2D eigenvalue weighted by Crippen LogP contribution is -2.36. The number of aromatic nitrogens is 4. The van der Waals surface area contributed by atoms with Crippen LogP contribution in [-0.4, -0.2) is 55.5 Å². The minimum Gasteiger partial charge on any atom is -0.494 e. The van der Waals surface area contributed by atoms with Crippen molar-refractivity contribution in [3.8, 4) is 17.1 Å². The molecule has 0 amide bonds. The molecule has 7 nitrogen and oxygen atoms in total. The van der Waals surface area contributed by atoms with E-state index >= 15 is 0 Å². The average Bonchev–Trinajstić information content (AvgIpc) is 3.30. The van der Waals surface area contributed by atoms with Gasteiger partial charge in [0.2, 0.25) is 0 Å². The van der Waals surface area contributed by atoms with E-state index in [2.05, 4.69) is 25.1 Å². The van der Waals surface area contributed by atoms with Crippen LogP contribution < -0.4 is 0 Å². The maximum absolute atomic E-state index is 10.3. The van der Waals surface area contributed by atoms with Gasteiger partial charge in [0, 0.05) is 30.7 Å². The highest BCUT2D eigenvalue weighted by atomic mass is 35.5. The summed E-state index contributed by atoms with van der Waals surface area (Å²) in [7, 11) is 0. The molecule has 0 spiro atoms. The van der Waals surface area contributed by atoms with Crippen molar-refractivity contribution in [1.82, 2.24) is 25.1 Å². The Morgan fingerprint density at radius 3 is 2.96 bits per heavy atom. The number of nitrogens with one attached hydrogen (secondary N) is 1. The molecule has 0 aliphatic carbocycles. The van der Waals surface area contributed by atoms with E-state index < -0.39 is 0 Å². The fourth-order valence-electron chi connectivity index (χ4n) is 3.80. The van der Waals surface area contributed by atoms with Crippen LogP contribution in [0.2, 0.25) is 5.02 Å². The number of pyridine rings is 1. The van der Waals surface area contributed by atoms with Crippen LogP contribution in [0, 0.1) is 0 Å². The van der Waals surface area contributed by atoms with Crippen molar-refractivity contribution < 1.29 is 9.84 Å². The summed E-state index contributed by atoms with van der Waals surface area (Å²) in [6.45, 7) is 2.54. The molecule has 2 atom stereocenters. The lowest BCUT2D eigenvalue weighted by Gasteiger charge is -2.25. The molecule has 2 aliphatic heterocycles. The SMILES string of the molecule is Oc1[nH]c2cncc(Cl)c2c1-c1ccc(CN2CC3CC2CO3)nn1. The quantitative estimate of drug-likeness (QED) is 0.748. The van der Waals surface area contributed by atoms with Crippen LogP contribution >= 0.6 is 11.6 Å². The molecular formula is C17H16ClN5O2. The van der Waals surface area contributed by atoms with Crippen LogP contribution in [0.1, 0.15) is 12.1 Å². The predicted molar refractivity (Wildman–Crippen MR) is 92.3 cm³/mol. The van der Waals surface area contributed by atoms with E-state index in [4.69, 9.17) is 16.3 Å². The topological polar surface area (TPSA) is 87.2 Å². The van der Waals surface area contributed by atoms with Gasteiger partial charge in [-0.3, -0.25) is 9.88 Å². The largest absolute Gasteiger partial charge is 0.494 e. The normalized spacial score (nSPS) is 22.9. The standard InChI is InChI=1S/C17H16ClN5O2/c18-12-4-19-5-14-15(12)16(17(24)20-14)13-2-1-9(21-22-13)6-23-7-11-3-10(23)8-25-11/h1-2,4-5,10-11,20,24H,3,6-8H2. The molecule has 2 aliphatic rings. The Morgan fingerprint density at radius 2 is 2.24 bits per heavy atom. The Hall–Kier alpha value is -2.22. The van der Waals surface area contributed by atoms with Crippen molar-refractivity contribution in [2.24, 2.45) is 0 Å². The van der Waals surface area contributed by atoms with Crippen LogP contribution in [-0.2, 0) is 11.3 Å². The molecule has 2 N–H and O–H groups in total. The molecule has 8 heteroatoms.